The molecule has 0 aliphatic rings. The van der Waals surface area contributed by atoms with Gasteiger partial charge < -0.3 is 9.88 Å². The topological polar surface area (TPSA) is 59.8 Å². The van der Waals surface area contributed by atoms with Crippen molar-refractivity contribution < 1.29 is 4.79 Å². The van der Waals surface area contributed by atoms with Gasteiger partial charge in [0.1, 0.15) is 5.82 Å². The van der Waals surface area contributed by atoms with Crippen LogP contribution in [0.2, 0.25) is 0 Å². The largest absolute Gasteiger partial charge is 0.325 e. The van der Waals surface area contributed by atoms with Crippen molar-refractivity contribution >= 4 is 23.4 Å². The molecule has 0 atom stereocenters. The number of hydrogen-bond donors (Lipinski definition) is 1. The van der Waals surface area contributed by atoms with Crippen LogP contribution in [0.1, 0.15) is 22.5 Å². The van der Waals surface area contributed by atoms with Gasteiger partial charge in [-0.1, -0.05) is 54.2 Å². The summed E-state index contributed by atoms with van der Waals surface area (Å²) in [5.74, 6) is 1.19. The molecule has 0 saturated carbocycles. The number of nitrogens with zero attached hydrogens (tertiary/aromatic N) is 3. The number of carbonyl (C=O) groups excluding carboxylic acids is 1. The predicted octanol–water partition coefficient (Wildman–Crippen LogP) is 3.95. The third-order valence-corrected chi connectivity index (χ3v) is 5.42. The van der Waals surface area contributed by atoms with Crippen molar-refractivity contribution in [3.63, 3.8) is 0 Å². The monoisotopic (exact) mass is 380 g/mol. The summed E-state index contributed by atoms with van der Waals surface area (Å²) in [6, 6.07) is 16.4. The minimum absolute atomic E-state index is 0.0393. The molecule has 27 heavy (non-hydrogen) atoms. The van der Waals surface area contributed by atoms with E-state index in [0.29, 0.717) is 5.75 Å². The van der Waals surface area contributed by atoms with Gasteiger partial charge in [-0.2, -0.15) is 0 Å². The van der Waals surface area contributed by atoms with Crippen LogP contribution in [0.3, 0.4) is 0 Å². The summed E-state index contributed by atoms with van der Waals surface area (Å²) in [4.78, 5) is 12.3. The SMILES string of the molecule is Cc1ccc(C)c(NC(=O)CSc2nnc(CCc3ccccc3)n2C)c1. The number of anilines is 1. The van der Waals surface area contributed by atoms with E-state index in [9.17, 15) is 4.79 Å². The van der Waals surface area contributed by atoms with Crippen molar-refractivity contribution in [3.05, 3.63) is 71.0 Å². The Morgan fingerprint density at radius 3 is 2.63 bits per heavy atom. The van der Waals surface area contributed by atoms with Crippen LogP contribution in [0.5, 0.6) is 0 Å². The van der Waals surface area contributed by atoms with E-state index < -0.39 is 0 Å². The second-order valence-corrected chi connectivity index (χ2v) is 7.54. The molecule has 1 N–H and O–H groups in total. The Labute approximate surface area is 164 Å². The van der Waals surface area contributed by atoms with E-state index in [1.165, 1.54) is 17.3 Å². The number of benzene rings is 2. The molecule has 0 aliphatic carbocycles. The zero-order chi connectivity index (χ0) is 19.2. The molecule has 0 unspecified atom stereocenters. The van der Waals surface area contributed by atoms with Crippen LogP contribution in [0, 0.1) is 13.8 Å². The van der Waals surface area contributed by atoms with E-state index in [2.05, 4.69) is 27.6 Å². The van der Waals surface area contributed by atoms with Crippen molar-refractivity contribution in [2.45, 2.75) is 31.8 Å². The summed E-state index contributed by atoms with van der Waals surface area (Å²) in [6.07, 6.45) is 1.74. The van der Waals surface area contributed by atoms with Crippen molar-refractivity contribution in [1.82, 2.24) is 14.8 Å². The van der Waals surface area contributed by atoms with Gasteiger partial charge >= 0.3 is 0 Å². The van der Waals surface area contributed by atoms with E-state index >= 15 is 0 Å². The van der Waals surface area contributed by atoms with Gasteiger partial charge in [-0.05, 0) is 43.0 Å². The Hall–Kier alpha value is -2.60. The third-order valence-electron chi connectivity index (χ3n) is 4.40. The zero-order valence-electron chi connectivity index (χ0n) is 15.9. The van der Waals surface area contributed by atoms with E-state index in [-0.39, 0.29) is 5.91 Å². The molecule has 3 aromatic rings. The fourth-order valence-electron chi connectivity index (χ4n) is 2.78. The molecule has 0 fully saturated rings. The van der Waals surface area contributed by atoms with Crippen LogP contribution in [0.4, 0.5) is 5.69 Å². The molecule has 1 aromatic heterocycles. The minimum Gasteiger partial charge on any atom is -0.325 e. The summed E-state index contributed by atoms with van der Waals surface area (Å²) < 4.78 is 1.97. The first-order valence-corrected chi connectivity index (χ1v) is 9.93. The molecule has 0 bridgehead atoms. The van der Waals surface area contributed by atoms with Crippen LogP contribution in [0.25, 0.3) is 0 Å². The highest BCUT2D eigenvalue weighted by Gasteiger charge is 2.12. The molecular formula is C21H24N4OS. The summed E-state index contributed by atoms with van der Waals surface area (Å²) in [5.41, 5.74) is 4.32. The van der Waals surface area contributed by atoms with Crippen molar-refractivity contribution in [2.75, 3.05) is 11.1 Å². The molecule has 5 nitrogen and oxygen atoms in total. The fourth-order valence-corrected chi connectivity index (χ4v) is 3.51. The quantitative estimate of drug-likeness (QED) is 0.631. The second-order valence-electron chi connectivity index (χ2n) is 6.60. The maximum Gasteiger partial charge on any atom is 0.234 e. The van der Waals surface area contributed by atoms with Crippen LogP contribution in [-0.4, -0.2) is 26.4 Å². The number of aryl methyl sites for hydroxylation is 4. The molecule has 0 saturated heterocycles. The van der Waals surface area contributed by atoms with Crippen molar-refractivity contribution in [2.24, 2.45) is 7.05 Å². The first-order chi connectivity index (χ1) is 13.0. The highest BCUT2D eigenvalue weighted by Crippen LogP contribution is 2.19. The molecule has 2 aromatic carbocycles. The maximum atomic E-state index is 12.3. The first-order valence-electron chi connectivity index (χ1n) is 8.95. The fraction of sp³-hybridized carbons (Fsp3) is 0.286. The summed E-state index contributed by atoms with van der Waals surface area (Å²) in [7, 11) is 1.95. The van der Waals surface area contributed by atoms with Crippen molar-refractivity contribution in [1.29, 1.82) is 0 Å². The summed E-state index contributed by atoms with van der Waals surface area (Å²) >= 11 is 1.40. The molecule has 0 radical (unpaired) electrons. The highest BCUT2D eigenvalue weighted by atomic mass is 32.2. The third kappa shape index (κ3) is 5.20. The highest BCUT2D eigenvalue weighted by molar-refractivity contribution is 7.99. The van der Waals surface area contributed by atoms with Crippen molar-refractivity contribution in [3.8, 4) is 0 Å². The number of rotatable bonds is 7. The van der Waals surface area contributed by atoms with E-state index in [0.717, 1.165) is 40.6 Å². The lowest BCUT2D eigenvalue weighted by Gasteiger charge is -2.09. The van der Waals surface area contributed by atoms with Gasteiger partial charge in [-0.3, -0.25) is 4.79 Å². The van der Waals surface area contributed by atoms with Gasteiger partial charge in [0, 0.05) is 19.2 Å². The zero-order valence-corrected chi connectivity index (χ0v) is 16.7. The van der Waals surface area contributed by atoms with Gasteiger partial charge in [0.25, 0.3) is 0 Å². The number of amides is 1. The molecular weight excluding hydrogens is 356 g/mol. The molecule has 0 spiro atoms. The predicted molar refractivity (Wildman–Crippen MR) is 110 cm³/mol. The van der Waals surface area contributed by atoms with Gasteiger partial charge in [0.05, 0.1) is 5.75 Å². The van der Waals surface area contributed by atoms with Crippen LogP contribution in [0.15, 0.2) is 53.7 Å². The Bertz CT molecular complexity index is 921. The van der Waals surface area contributed by atoms with E-state index in [1.54, 1.807) is 0 Å². The molecule has 1 heterocycles. The number of nitrogens with one attached hydrogen (secondary N) is 1. The number of carbonyl (C=O) groups is 1. The first kappa shape index (κ1) is 19.2. The lowest BCUT2D eigenvalue weighted by molar-refractivity contribution is -0.113. The number of aromatic nitrogens is 3. The van der Waals surface area contributed by atoms with E-state index in [4.69, 9.17) is 0 Å². The maximum absolute atomic E-state index is 12.3. The van der Waals surface area contributed by atoms with Crippen LogP contribution < -0.4 is 5.32 Å². The van der Waals surface area contributed by atoms with Gasteiger partial charge in [-0.25, -0.2) is 0 Å². The molecule has 0 aliphatic heterocycles. The van der Waals surface area contributed by atoms with Crippen LogP contribution in [-0.2, 0) is 24.7 Å². The smallest absolute Gasteiger partial charge is 0.234 e. The minimum atomic E-state index is -0.0393. The molecule has 3 rings (SSSR count). The van der Waals surface area contributed by atoms with Gasteiger partial charge in [-0.15, -0.1) is 10.2 Å². The Balaban J connectivity index is 1.54. The Morgan fingerprint density at radius 1 is 1.07 bits per heavy atom. The molecule has 6 heteroatoms. The summed E-state index contributed by atoms with van der Waals surface area (Å²) in [5, 5.41) is 12.2. The number of thioether (sulfide) groups is 1. The average molecular weight is 381 g/mol. The second kappa shape index (κ2) is 8.86. The summed E-state index contributed by atoms with van der Waals surface area (Å²) in [6.45, 7) is 4.00. The lowest BCUT2D eigenvalue weighted by atomic mass is 10.1. The normalized spacial score (nSPS) is 10.8. The van der Waals surface area contributed by atoms with Gasteiger partial charge in [0.2, 0.25) is 5.91 Å². The standard InChI is InChI=1S/C21H24N4OS/c1-15-9-10-16(2)18(13-15)22-20(26)14-27-21-24-23-19(25(21)3)12-11-17-7-5-4-6-8-17/h4-10,13H,11-12,14H2,1-3H3,(H,22,26). The Morgan fingerprint density at radius 2 is 1.85 bits per heavy atom. The molecule has 1 amide bonds. The lowest BCUT2D eigenvalue weighted by Crippen LogP contribution is -2.15. The van der Waals surface area contributed by atoms with Gasteiger partial charge in [0.15, 0.2) is 5.16 Å². The average Bonchev–Trinajstić information content (AvgIpc) is 3.02. The Kier molecular flexibility index (Phi) is 6.29. The molecule has 140 valence electrons. The van der Waals surface area contributed by atoms with E-state index in [1.807, 2.05) is 61.9 Å². The van der Waals surface area contributed by atoms with Crippen LogP contribution >= 0.6 is 11.8 Å². The number of hydrogen-bond acceptors (Lipinski definition) is 4.